The predicted octanol–water partition coefficient (Wildman–Crippen LogP) is 3.11. The zero-order valence-electron chi connectivity index (χ0n) is 17.1. The van der Waals surface area contributed by atoms with E-state index in [0.717, 1.165) is 0 Å². The van der Waals surface area contributed by atoms with Crippen LogP contribution in [-0.2, 0) is 28.4 Å². The molecule has 31 heavy (non-hydrogen) atoms. The van der Waals surface area contributed by atoms with Crippen molar-refractivity contribution >= 4 is 12.1 Å². The number of rotatable bonds is 6. The van der Waals surface area contributed by atoms with Crippen molar-refractivity contribution < 1.29 is 38.0 Å². The van der Waals surface area contributed by atoms with Crippen molar-refractivity contribution in [1.29, 1.82) is 0 Å². The van der Waals surface area contributed by atoms with Gasteiger partial charge in [-0.05, 0) is 31.5 Å². The normalized spacial score (nSPS) is 28.9. The first-order valence-corrected chi connectivity index (χ1v) is 9.56. The van der Waals surface area contributed by atoms with Crippen LogP contribution in [0.5, 0.6) is 0 Å². The van der Waals surface area contributed by atoms with Gasteiger partial charge in [0.2, 0.25) is 6.29 Å². The van der Waals surface area contributed by atoms with Crippen molar-refractivity contribution in [3.05, 3.63) is 59.0 Å². The van der Waals surface area contributed by atoms with Gasteiger partial charge in [0.05, 0.1) is 12.2 Å². The van der Waals surface area contributed by atoms with Gasteiger partial charge in [0.1, 0.15) is 31.0 Å². The van der Waals surface area contributed by atoms with Gasteiger partial charge in [-0.3, -0.25) is 0 Å². The molecule has 0 aliphatic carbocycles. The van der Waals surface area contributed by atoms with Gasteiger partial charge in [-0.2, -0.15) is 0 Å². The van der Waals surface area contributed by atoms with Gasteiger partial charge in [-0.15, -0.1) is 0 Å². The Bertz CT molecular complexity index is 855. The highest BCUT2D eigenvalue weighted by Crippen LogP contribution is 2.36. The van der Waals surface area contributed by atoms with E-state index in [2.05, 4.69) is 16.6 Å². The number of ether oxygens (including phenoxy) is 6. The van der Waals surface area contributed by atoms with Crippen LogP contribution in [0, 0.1) is 0 Å². The molecule has 0 saturated carbocycles. The molecule has 0 bridgehead atoms. The summed E-state index contributed by atoms with van der Waals surface area (Å²) in [4.78, 5) is 27.5. The van der Waals surface area contributed by atoms with Gasteiger partial charge >= 0.3 is 12.1 Å². The van der Waals surface area contributed by atoms with E-state index in [4.69, 9.17) is 34.0 Å². The van der Waals surface area contributed by atoms with Crippen LogP contribution in [0.15, 0.2) is 48.1 Å². The Morgan fingerprint density at radius 3 is 2.74 bits per heavy atom. The zero-order valence-corrected chi connectivity index (χ0v) is 17.1. The smallest absolute Gasteiger partial charge is 0.455 e. The van der Waals surface area contributed by atoms with Crippen molar-refractivity contribution in [3.8, 4) is 0 Å². The van der Waals surface area contributed by atoms with E-state index in [0.29, 0.717) is 5.56 Å². The Hall–Kier alpha value is -3.11. The average Bonchev–Trinajstić information content (AvgIpc) is 2.75. The number of esters is 1. The van der Waals surface area contributed by atoms with Gasteiger partial charge in [-0.1, -0.05) is 36.0 Å². The van der Waals surface area contributed by atoms with Gasteiger partial charge in [0.25, 0.3) is 0 Å². The van der Waals surface area contributed by atoms with E-state index < -0.39 is 48.6 Å². The summed E-state index contributed by atoms with van der Waals surface area (Å²) in [7, 11) is 0. The van der Waals surface area contributed by atoms with Crippen molar-refractivity contribution in [2.45, 2.75) is 50.3 Å². The number of carbonyl (C=O) groups is 2. The highest BCUT2D eigenvalue weighted by atomic mass is 16.8. The lowest BCUT2D eigenvalue weighted by Crippen LogP contribution is -2.65. The quantitative estimate of drug-likeness (QED) is 0.219. The first-order valence-electron chi connectivity index (χ1n) is 9.56. The van der Waals surface area contributed by atoms with Crippen LogP contribution in [-0.4, -0.2) is 61.8 Å². The Morgan fingerprint density at radius 2 is 2.06 bits per heavy atom. The zero-order chi connectivity index (χ0) is 22.4. The van der Waals surface area contributed by atoms with Crippen LogP contribution < -0.4 is 0 Å². The lowest BCUT2D eigenvalue weighted by Gasteiger charge is -2.49. The Kier molecular flexibility index (Phi) is 7.13. The summed E-state index contributed by atoms with van der Waals surface area (Å²) in [5.41, 5.74) is 9.38. The fourth-order valence-corrected chi connectivity index (χ4v) is 3.25. The molecule has 11 nitrogen and oxygen atoms in total. The summed E-state index contributed by atoms with van der Waals surface area (Å²) in [6.07, 6.45) is -3.81. The number of azide groups is 1. The number of fused-ring (bicyclic) bond motifs is 1. The van der Waals surface area contributed by atoms with E-state index >= 15 is 0 Å². The summed E-state index contributed by atoms with van der Waals surface area (Å²) in [6.45, 7) is 6.81. The largest absolute Gasteiger partial charge is 0.510 e. The second kappa shape index (κ2) is 9.80. The maximum Gasteiger partial charge on any atom is 0.510 e. The van der Waals surface area contributed by atoms with E-state index in [1.165, 1.54) is 6.08 Å². The van der Waals surface area contributed by atoms with Crippen LogP contribution >= 0.6 is 0 Å². The molecule has 2 aliphatic heterocycles. The standard InChI is InChI=1S/C20H23N3O8/c1-4-10-26-19(25)30-18-14(22-23-21)16(29-17(24)12-8-6-5-7-9-12)15-13(28-18)11-27-20(2,3)31-15/h4-9,13-16,18H,1,10-11H2,2-3H3/t13-,14+,15-,16-,18+/m1/s1. The fourth-order valence-electron chi connectivity index (χ4n) is 3.25. The summed E-state index contributed by atoms with van der Waals surface area (Å²) in [5, 5.41) is 3.67. The van der Waals surface area contributed by atoms with Gasteiger partial charge < -0.3 is 28.4 Å². The molecule has 2 aliphatic rings. The third kappa shape index (κ3) is 5.53. The van der Waals surface area contributed by atoms with Gasteiger partial charge in [0.15, 0.2) is 5.79 Å². The van der Waals surface area contributed by atoms with Crippen molar-refractivity contribution in [2.75, 3.05) is 13.2 Å². The molecule has 0 spiro atoms. The average molecular weight is 433 g/mol. The molecule has 11 heteroatoms. The minimum atomic E-state index is -1.39. The van der Waals surface area contributed by atoms with E-state index in [-0.39, 0.29) is 13.2 Å². The van der Waals surface area contributed by atoms with Crippen LogP contribution in [0.1, 0.15) is 24.2 Å². The molecule has 3 rings (SSSR count). The Morgan fingerprint density at radius 1 is 1.32 bits per heavy atom. The van der Waals surface area contributed by atoms with Crippen LogP contribution in [0.25, 0.3) is 10.4 Å². The lowest BCUT2D eigenvalue weighted by molar-refractivity contribution is -0.362. The molecule has 0 amide bonds. The molecule has 0 N–H and O–H groups in total. The Balaban J connectivity index is 1.89. The number of carbonyl (C=O) groups excluding carboxylic acids is 2. The molecule has 0 radical (unpaired) electrons. The maximum atomic E-state index is 12.7. The van der Waals surface area contributed by atoms with Crippen LogP contribution in [0.3, 0.4) is 0 Å². The highest BCUT2D eigenvalue weighted by molar-refractivity contribution is 5.89. The van der Waals surface area contributed by atoms with Crippen LogP contribution in [0.4, 0.5) is 4.79 Å². The highest BCUT2D eigenvalue weighted by Gasteiger charge is 2.54. The summed E-state index contributed by atoms with van der Waals surface area (Å²) >= 11 is 0. The molecular formula is C20H23N3O8. The third-order valence-electron chi connectivity index (χ3n) is 4.60. The SMILES string of the molecule is C=CCOC(=O)O[C@@H]1O[C@@H]2COC(C)(C)O[C@H]2[C@H](OC(=O)c2ccccc2)[C@@H]1N=[N+]=[N-]. The second-order valence-electron chi connectivity index (χ2n) is 7.24. The second-order valence-corrected chi connectivity index (χ2v) is 7.24. The molecule has 2 fully saturated rings. The molecule has 5 atom stereocenters. The summed E-state index contributed by atoms with van der Waals surface area (Å²) in [5.74, 6) is -1.66. The molecule has 1 aromatic carbocycles. The molecule has 2 saturated heterocycles. The minimum Gasteiger partial charge on any atom is -0.455 e. The van der Waals surface area contributed by atoms with E-state index in [1.807, 2.05) is 0 Å². The van der Waals surface area contributed by atoms with Gasteiger partial charge in [0, 0.05) is 4.91 Å². The molecule has 1 aromatic rings. The maximum absolute atomic E-state index is 12.7. The van der Waals surface area contributed by atoms with E-state index in [1.54, 1.807) is 44.2 Å². The molecule has 166 valence electrons. The lowest BCUT2D eigenvalue weighted by atomic mass is 9.95. The number of nitrogens with zero attached hydrogens (tertiary/aromatic N) is 3. The number of hydrogen-bond acceptors (Lipinski definition) is 9. The van der Waals surface area contributed by atoms with Crippen LogP contribution in [0.2, 0.25) is 0 Å². The van der Waals surface area contributed by atoms with Crippen molar-refractivity contribution in [3.63, 3.8) is 0 Å². The first-order chi connectivity index (χ1) is 14.8. The third-order valence-corrected chi connectivity index (χ3v) is 4.60. The molecule has 0 unspecified atom stereocenters. The molecule has 2 heterocycles. The number of benzene rings is 1. The van der Waals surface area contributed by atoms with E-state index in [9.17, 15) is 9.59 Å². The van der Waals surface area contributed by atoms with Crippen molar-refractivity contribution in [2.24, 2.45) is 5.11 Å². The Labute approximate surface area is 178 Å². The summed E-state index contributed by atoms with van der Waals surface area (Å²) < 4.78 is 33.0. The molecule has 0 aromatic heterocycles. The minimum absolute atomic E-state index is 0.0710. The van der Waals surface area contributed by atoms with Gasteiger partial charge in [-0.25, -0.2) is 9.59 Å². The fraction of sp³-hybridized carbons (Fsp3) is 0.500. The monoisotopic (exact) mass is 433 g/mol. The first kappa shape index (κ1) is 22.6. The number of hydrogen-bond donors (Lipinski definition) is 0. The van der Waals surface area contributed by atoms with Crippen molar-refractivity contribution in [1.82, 2.24) is 0 Å². The topological polar surface area (TPSA) is 138 Å². The predicted molar refractivity (Wildman–Crippen MR) is 105 cm³/mol. The molecular weight excluding hydrogens is 410 g/mol. The summed E-state index contributed by atoms with van der Waals surface area (Å²) in [6, 6.07) is 7.05.